The lowest BCUT2D eigenvalue weighted by Crippen LogP contribution is -1.97. The number of rotatable bonds is 3. The van der Waals surface area contributed by atoms with Crippen molar-refractivity contribution in [3.63, 3.8) is 0 Å². The Labute approximate surface area is 73.0 Å². The molecule has 0 radical (unpaired) electrons. The van der Waals surface area contributed by atoms with E-state index in [0.717, 1.165) is 5.69 Å². The van der Waals surface area contributed by atoms with Crippen LogP contribution in [0.25, 0.3) is 0 Å². The summed E-state index contributed by atoms with van der Waals surface area (Å²) in [5, 5.41) is 2.91. The summed E-state index contributed by atoms with van der Waals surface area (Å²) in [5.74, 6) is 0.370. The highest BCUT2D eigenvalue weighted by atomic mass is 32.2. The third-order valence-electron chi connectivity index (χ3n) is 1.31. The predicted octanol–water partition coefficient (Wildman–Crippen LogP) is 1.24. The van der Waals surface area contributed by atoms with Gasteiger partial charge in [0.05, 0.1) is 0 Å². The third kappa shape index (κ3) is 2.52. The van der Waals surface area contributed by atoms with Crippen molar-refractivity contribution in [1.29, 1.82) is 0 Å². The number of nitrogens with one attached hydrogen (secondary N) is 1. The van der Waals surface area contributed by atoms with E-state index in [-0.39, 0.29) is 0 Å². The van der Waals surface area contributed by atoms with Crippen molar-refractivity contribution >= 4 is 17.0 Å². The first kappa shape index (κ1) is 9.02. The van der Waals surface area contributed by atoms with Crippen molar-refractivity contribution in [3.05, 3.63) is 24.3 Å². The molecule has 1 aromatic carbocycles. The Balaban J connectivity index is 2.71. The van der Waals surface area contributed by atoms with Crippen LogP contribution in [-0.2, 0) is 11.4 Å². The maximum atomic E-state index is 10.2. The molecule has 0 bridgehead atoms. The van der Waals surface area contributed by atoms with Crippen molar-refractivity contribution in [2.24, 2.45) is 0 Å². The lowest BCUT2D eigenvalue weighted by atomic mass is 10.3. The molecule has 0 aliphatic heterocycles. The molecule has 12 heavy (non-hydrogen) atoms. The first-order valence-corrected chi connectivity index (χ1v) is 4.32. The second kappa shape index (κ2) is 4.08. The summed E-state index contributed by atoms with van der Waals surface area (Å²) < 4.78 is 23.1. The van der Waals surface area contributed by atoms with Gasteiger partial charge in [-0.15, -0.1) is 0 Å². The van der Waals surface area contributed by atoms with Gasteiger partial charge < -0.3 is 9.50 Å². The Kier molecular flexibility index (Phi) is 3.07. The molecular weight excluding hydrogens is 178 g/mol. The fourth-order valence-electron chi connectivity index (χ4n) is 0.759. The first-order valence-electron chi connectivity index (χ1n) is 3.29. The summed E-state index contributed by atoms with van der Waals surface area (Å²) in [5.41, 5.74) is 0.922. The minimum atomic E-state index is -2.25. The lowest BCUT2D eigenvalue weighted by Gasteiger charge is -2.01. The van der Waals surface area contributed by atoms with Gasteiger partial charge in [0.25, 0.3) is 0 Å². The normalized spacial score (nSPS) is 12.2. The number of benzene rings is 1. The SMILES string of the molecule is CNc1ccc(OS(=O)O)cc1. The van der Waals surface area contributed by atoms with E-state index in [4.69, 9.17) is 4.55 Å². The largest absolute Gasteiger partial charge is 0.388 e. The number of hydrogen-bond acceptors (Lipinski definition) is 3. The van der Waals surface area contributed by atoms with Crippen molar-refractivity contribution in [2.75, 3.05) is 12.4 Å². The van der Waals surface area contributed by atoms with E-state index in [9.17, 15) is 4.21 Å². The van der Waals surface area contributed by atoms with Gasteiger partial charge in [0.15, 0.2) is 0 Å². The minimum Gasteiger partial charge on any atom is -0.388 e. The molecule has 2 N–H and O–H groups in total. The molecule has 66 valence electrons. The van der Waals surface area contributed by atoms with Gasteiger partial charge in [0.1, 0.15) is 5.75 Å². The molecule has 0 aliphatic carbocycles. The van der Waals surface area contributed by atoms with Crippen LogP contribution in [0.2, 0.25) is 0 Å². The van der Waals surface area contributed by atoms with Gasteiger partial charge >= 0.3 is 11.4 Å². The highest BCUT2D eigenvalue weighted by Gasteiger charge is 1.96. The summed E-state index contributed by atoms with van der Waals surface area (Å²) in [6, 6.07) is 6.73. The zero-order valence-corrected chi connectivity index (χ0v) is 7.30. The fraction of sp³-hybridized carbons (Fsp3) is 0.143. The average molecular weight is 187 g/mol. The molecule has 0 amide bonds. The van der Waals surface area contributed by atoms with E-state index < -0.39 is 11.4 Å². The van der Waals surface area contributed by atoms with Crippen LogP contribution in [0.5, 0.6) is 5.75 Å². The van der Waals surface area contributed by atoms with E-state index >= 15 is 0 Å². The molecule has 5 heteroatoms. The van der Waals surface area contributed by atoms with E-state index in [1.165, 1.54) is 0 Å². The first-order chi connectivity index (χ1) is 5.72. The zero-order valence-electron chi connectivity index (χ0n) is 6.48. The summed E-state index contributed by atoms with van der Waals surface area (Å²) in [6.07, 6.45) is 0. The van der Waals surface area contributed by atoms with Gasteiger partial charge in [0, 0.05) is 12.7 Å². The second-order valence-corrected chi connectivity index (χ2v) is 2.68. The second-order valence-electron chi connectivity index (χ2n) is 2.07. The fourth-order valence-corrected chi connectivity index (χ4v) is 1.04. The molecule has 1 unspecified atom stereocenters. The van der Waals surface area contributed by atoms with Crippen molar-refractivity contribution in [2.45, 2.75) is 0 Å². The highest BCUT2D eigenvalue weighted by molar-refractivity contribution is 7.74. The molecule has 0 fully saturated rings. The Morgan fingerprint density at radius 1 is 1.42 bits per heavy atom. The number of hydrogen-bond donors (Lipinski definition) is 2. The maximum Gasteiger partial charge on any atom is 0.357 e. The Bertz CT molecular complexity index is 272. The molecule has 1 atom stereocenters. The summed E-state index contributed by atoms with van der Waals surface area (Å²) in [4.78, 5) is 0. The van der Waals surface area contributed by atoms with E-state index in [2.05, 4.69) is 9.50 Å². The van der Waals surface area contributed by atoms with Crippen LogP contribution in [0.4, 0.5) is 5.69 Å². The van der Waals surface area contributed by atoms with Crippen LogP contribution in [0, 0.1) is 0 Å². The molecule has 0 aromatic heterocycles. The van der Waals surface area contributed by atoms with E-state index in [1.807, 2.05) is 0 Å². The smallest absolute Gasteiger partial charge is 0.357 e. The molecule has 1 aromatic rings. The monoisotopic (exact) mass is 187 g/mol. The highest BCUT2D eigenvalue weighted by Crippen LogP contribution is 2.15. The summed E-state index contributed by atoms with van der Waals surface area (Å²) in [7, 11) is 1.79. The van der Waals surface area contributed by atoms with Gasteiger partial charge in [-0.25, -0.2) is 0 Å². The number of anilines is 1. The topological polar surface area (TPSA) is 58.6 Å². The van der Waals surface area contributed by atoms with Crippen molar-refractivity contribution in [3.8, 4) is 5.75 Å². The summed E-state index contributed by atoms with van der Waals surface area (Å²) >= 11 is -2.25. The average Bonchev–Trinajstić information content (AvgIpc) is 2.05. The lowest BCUT2D eigenvalue weighted by molar-refractivity contribution is 0.458. The molecule has 0 aliphatic rings. The van der Waals surface area contributed by atoms with Crippen molar-refractivity contribution < 1.29 is 12.9 Å². The van der Waals surface area contributed by atoms with Crippen LogP contribution >= 0.6 is 0 Å². The van der Waals surface area contributed by atoms with Crippen LogP contribution in [0.3, 0.4) is 0 Å². The molecule has 0 spiro atoms. The maximum absolute atomic E-state index is 10.2. The van der Waals surface area contributed by atoms with Crippen LogP contribution in [0.15, 0.2) is 24.3 Å². The molecule has 0 saturated carbocycles. The van der Waals surface area contributed by atoms with Gasteiger partial charge in [0.2, 0.25) is 0 Å². The molecule has 0 heterocycles. The Morgan fingerprint density at radius 2 is 2.00 bits per heavy atom. The van der Waals surface area contributed by atoms with E-state index in [1.54, 1.807) is 31.3 Å². The van der Waals surface area contributed by atoms with Crippen molar-refractivity contribution in [1.82, 2.24) is 0 Å². The van der Waals surface area contributed by atoms with Gasteiger partial charge in [-0.1, -0.05) is 0 Å². The van der Waals surface area contributed by atoms with Crippen LogP contribution < -0.4 is 9.50 Å². The predicted molar refractivity (Wildman–Crippen MR) is 47.4 cm³/mol. The Hall–Kier alpha value is -1.07. The zero-order chi connectivity index (χ0) is 8.97. The summed E-state index contributed by atoms with van der Waals surface area (Å²) in [6.45, 7) is 0. The quantitative estimate of drug-likeness (QED) is 0.699. The van der Waals surface area contributed by atoms with Gasteiger partial charge in [-0.05, 0) is 24.3 Å². The molecule has 0 saturated heterocycles. The van der Waals surface area contributed by atoms with Gasteiger partial charge in [-0.2, -0.15) is 4.21 Å². The minimum absolute atomic E-state index is 0.370. The van der Waals surface area contributed by atoms with Crippen LogP contribution in [0.1, 0.15) is 0 Å². The Morgan fingerprint density at radius 3 is 2.42 bits per heavy atom. The molecule has 1 rings (SSSR count). The van der Waals surface area contributed by atoms with Gasteiger partial charge in [-0.3, -0.25) is 4.55 Å². The standard InChI is InChI=1S/C7H9NO3S/c1-8-6-2-4-7(5-3-6)11-12(9)10/h2-5,8H,1H3,(H,9,10). The van der Waals surface area contributed by atoms with E-state index in [0.29, 0.717) is 5.75 Å². The van der Waals surface area contributed by atoms with Crippen LogP contribution in [-0.4, -0.2) is 15.8 Å². The molecule has 4 nitrogen and oxygen atoms in total. The molecular formula is C7H9NO3S. The third-order valence-corrected chi connectivity index (χ3v) is 1.65.